The predicted octanol–water partition coefficient (Wildman–Crippen LogP) is 1.74. The number of methoxy groups -OCH3 is 1. The van der Waals surface area contributed by atoms with E-state index in [2.05, 4.69) is 25.7 Å². The molecule has 23 heavy (non-hydrogen) atoms. The first-order valence-electron chi connectivity index (χ1n) is 6.67. The Morgan fingerprint density at radius 1 is 1.48 bits per heavy atom. The van der Waals surface area contributed by atoms with E-state index in [0.717, 1.165) is 0 Å². The number of thiocarbonyl (C=S) groups is 1. The van der Waals surface area contributed by atoms with Crippen LogP contribution in [-0.4, -0.2) is 37.2 Å². The number of rotatable bonds is 4. The Balaban J connectivity index is 1.96. The second-order valence-electron chi connectivity index (χ2n) is 4.65. The third-order valence-electron chi connectivity index (χ3n) is 3.27. The fraction of sp³-hybridized carbons (Fsp3) is 0.143. The first-order chi connectivity index (χ1) is 11.2. The SMILES string of the molecule is COC(=S)NC(c1ccc(-n2ccnc2)c(F)c1)c1c[nH]nn1. The molecule has 0 spiro atoms. The van der Waals surface area contributed by atoms with Crippen LogP contribution in [0, 0.1) is 5.82 Å². The second-order valence-corrected chi connectivity index (χ2v) is 5.02. The van der Waals surface area contributed by atoms with Crippen LogP contribution in [0.1, 0.15) is 17.3 Å². The third-order valence-corrected chi connectivity index (χ3v) is 3.55. The number of H-pyrrole nitrogens is 1. The van der Waals surface area contributed by atoms with Gasteiger partial charge in [-0.1, -0.05) is 11.3 Å². The van der Waals surface area contributed by atoms with Crippen molar-refractivity contribution in [2.75, 3.05) is 7.11 Å². The Morgan fingerprint density at radius 3 is 2.96 bits per heavy atom. The van der Waals surface area contributed by atoms with E-state index in [1.807, 2.05) is 0 Å². The number of imidazole rings is 1. The molecule has 1 aromatic carbocycles. The van der Waals surface area contributed by atoms with E-state index in [0.29, 0.717) is 16.9 Å². The molecule has 0 saturated heterocycles. The van der Waals surface area contributed by atoms with Crippen molar-refractivity contribution >= 4 is 17.4 Å². The molecular formula is C14H13FN6OS. The van der Waals surface area contributed by atoms with Crippen molar-refractivity contribution < 1.29 is 9.13 Å². The van der Waals surface area contributed by atoms with Gasteiger partial charge in [-0.15, -0.1) is 5.10 Å². The standard InChI is InChI=1S/C14H13FN6OS/c1-22-14(23)18-13(11-7-17-20-19-11)9-2-3-12(10(15)6-9)21-5-4-16-8-21/h2-8,13H,1H3,(H,18,23)(H,17,19,20). The minimum Gasteiger partial charge on any atom is -0.474 e. The molecule has 0 aliphatic carbocycles. The molecule has 118 valence electrons. The van der Waals surface area contributed by atoms with Crippen LogP contribution in [-0.2, 0) is 4.74 Å². The maximum absolute atomic E-state index is 14.5. The van der Waals surface area contributed by atoms with Crippen LogP contribution in [0.4, 0.5) is 4.39 Å². The number of hydrogen-bond acceptors (Lipinski definition) is 5. The zero-order chi connectivity index (χ0) is 16.2. The summed E-state index contributed by atoms with van der Waals surface area (Å²) in [5.41, 5.74) is 1.61. The number of aromatic amines is 1. The molecule has 0 aliphatic rings. The summed E-state index contributed by atoms with van der Waals surface area (Å²) in [7, 11) is 1.46. The predicted molar refractivity (Wildman–Crippen MR) is 84.5 cm³/mol. The summed E-state index contributed by atoms with van der Waals surface area (Å²) >= 11 is 5.03. The number of benzene rings is 1. The van der Waals surface area contributed by atoms with Crippen molar-refractivity contribution in [1.82, 2.24) is 30.3 Å². The Labute approximate surface area is 136 Å². The lowest BCUT2D eigenvalue weighted by Gasteiger charge is -2.18. The van der Waals surface area contributed by atoms with Gasteiger partial charge in [-0.25, -0.2) is 9.37 Å². The molecule has 1 unspecified atom stereocenters. The maximum Gasteiger partial charge on any atom is 0.257 e. The molecule has 7 nitrogen and oxygen atoms in total. The van der Waals surface area contributed by atoms with E-state index in [1.54, 1.807) is 35.3 Å². The minimum absolute atomic E-state index is 0.178. The molecule has 0 fully saturated rings. The number of ether oxygens (including phenoxy) is 1. The Kier molecular flexibility index (Phi) is 4.29. The van der Waals surface area contributed by atoms with Crippen molar-refractivity contribution in [3.63, 3.8) is 0 Å². The zero-order valence-electron chi connectivity index (χ0n) is 12.1. The largest absolute Gasteiger partial charge is 0.474 e. The highest BCUT2D eigenvalue weighted by molar-refractivity contribution is 7.80. The van der Waals surface area contributed by atoms with Crippen LogP contribution >= 0.6 is 12.2 Å². The van der Waals surface area contributed by atoms with Gasteiger partial charge in [0, 0.05) is 18.6 Å². The lowest BCUT2D eigenvalue weighted by atomic mass is 10.0. The van der Waals surface area contributed by atoms with E-state index in [-0.39, 0.29) is 11.0 Å². The molecular weight excluding hydrogens is 319 g/mol. The molecule has 0 amide bonds. The third kappa shape index (κ3) is 3.19. The molecule has 0 aliphatic heterocycles. The average Bonchev–Trinajstić information content (AvgIpc) is 3.25. The van der Waals surface area contributed by atoms with E-state index in [9.17, 15) is 4.39 Å². The molecule has 2 heterocycles. The van der Waals surface area contributed by atoms with Gasteiger partial charge in [-0.3, -0.25) is 5.10 Å². The van der Waals surface area contributed by atoms with Gasteiger partial charge < -0.3 is 14.6 Å². The van der Waals surface area contributed by atoms with Gasteiger partial charge >= 0.3 is 0 Å². The van der Waals surface area contributed by atoms with Crippen molar-refractivity contribution in [2.45, 2.75) is 6.04 Å². The monoisotopic (exact) mass is 332 g/mol. The first-order valence-corrected chi connectivity index (χ1v) is 7.08. The minimum atomic E-state index is -0.479. The first kappa shape index (κ1) is 15.1. The van der Waals surface area contributed by atoms with E-state index in [1.165, 1.54) is 19.5 Å². The summed E-state index contributed by atoms with van der Waals surface area (Å²) in [5.74, 6) is -0.390. The summed E-state index contributed by atoms with van der Waals surface area (Å²) in [6.45, 7) is 0. The van der Waals surface area contributed by atoms with Crippen molar-refractivity contribution in [3.05, 3.63) is 60.2 Å². The van der Waals surface area contributed by atoms with E-state index >= 15 is 0 Å². The highest BCUT2D eigenvalue weighted by atomic mass is 32.1. The van der Waals surface area contributed by atoms with E-state index < -0.39 is 6.04 Å². The van der Waals surface area contributed by atoms with Gasteiger partial charge in [-0.2, -0.15) is 0 Å². The molecule has 2 N–H and O–H groups in total. The fourth-order valence-electron chi connectivity index (χ4n) is 2.17. The molecule has 0 bridgehead atoms. The van der Waals surface area contributed by atoms with Crippen molar-refractivity contribution in [3.8, 4) is 5.69 Å². The molecule has 0 radical (unpaired) electrons. The van der Waals surface area contributed by atoms with Crippen LogP contribution in [0.15, 0.2) is 43.1 Å². The lowest BCUT2D eigenvalue weighted by Crippen LogP contribution is -2.29. The van der Waals surface area contributed by atoms with E-state index in [4.69, 9.17) is 17.0 Å². The Morgan fingerprint density at radius 2 is 2.35 bits per heavy atom. The smallest absolute Gasteiger partial charge is 0.257 e. The van der Waals surface area contributed by atoms with Crippen LogP contribution in [0.5, 0.6) is 0 Å². The molecule has 0 saturated carbocycles. The van der Waals surface area contributed by atoms with Crippen LogP contribution in [0.2, 0.25) is 0 Å². The summed E-state index contributed by atoms with van der Waals surface area (Å²) in [5, 5.41) is 13.4. The molecule has 3 aromatic rings. The second kappa shape index (κ2) is 6.53. The molecule has 2 aromatic heterocycles. The van der Waals surface area contributed by atoms with Crippen molar-refractivity contribution in [1.29, 1.82) is 0 Å². The molecule has 1 atom stereocenters. The van der Waals surface area contributed by atoms with Crippen LogP contribution in [0.3, 0.4) is 0 Å². The quantitative estimate of drug-likeness (QED) is 0.709. The van der Waals surface area contributed by atoms with Gasteiger partial charge in [-0.05, 0) is 29.9 Å². The number of aromatic nitrogens is 5. The zero-order valence-corrected chi connectivity index (χ0v) is 12.9. The maximum atomic E-state index is 14.5. The van der Waals surface area contributed by atoms with Crippen molar-refractivity contribution in [2.24, 2.45) is 0 Å². The van der Waals surface area contributed by atoms with Gasteiger partial charge in [0.2, 0.25) is 0 Å². The van der Waals surface area contributed by atoms with Gasteiger partial charge in [0.1, 0.15) is 17.6 Å². The normalized spacial score (nSPS) is 11.9. The molecule has 9 heteroatoms. The van der Waals surface area contributed by atoms with Crippen LogP contribution in [0.25, 0.3) is 5.69 Å². The topological polar surface area (TPSA) is 80.6 Å². The highest BCUT2D eigenvalue weighted by Crippen LogP contribution is 2.23. The Bertz CT molecular complexity index is 790. The number of nitrogens with zero attached hydrogens (tertiary/aromatic N) is 4. The Hall–Kier alpha value is -2.81. The number of nitrogens with one attached hydrogen (secondary N) is 2. The van der Waals surface area contributed by atoms with Crippen LogP contribution < -0.4 is 5.32 Å². The average molecular weight is 332 g/mol. The fourth-order valence-corrected chi connectivity index (χ4v) is 2.29. The summed E-state index contributed by atoms with van der Waals surface area (Å²) in [6.07, 6.45) is 6.40. The summed E-state index contributed by atoms with van der Waals surface area (Å²) in [6, 6.07) is 4.38. The van der Waals surface area contributed by atoms with Gasteiger partial charge in [0.25, 0.3) is 5.17 Å². The lowest BCUT2D eigenvalue weighted by molar-refractivity contribution is 0.387. The highest BCUT2D eigenvalue weighted by Gasteiger charge is 2.20. The van der Waals surface area contributed by atoms with Gasteiger partial charge in [0.05, 0.1) is 19.1 Å². The number of halogens is 1. The summed E-state index contributed by atoms with van der Waals surface area (Å²) in [4.78, 5) is 3.92. The summed E-state index contributed by atoms with van der Waals surface area (Å²) < 4.78 is 21.0. The number of hydrogen-bond donors (Lipinski definition) is 2. The molecule has 3 rings (SSSR count). The van der Waals surface area contributed by atoms with Gasteiger partial charge in [0.15, 0.2) is 0 Å².